The molecule has 0 atom stereocenters. The first-order valence-electron chi connectivity index (χ1n) is 4.87. The first-order valence-corrected chi connectivity index (χ1v) is 6.31. The third kappa shape index (κ3) is 1.81. The molecule has 84 valence electrons. The monoisotopic (exact) mass is 236 g/mol. The molecule has 0 aliphatic carbocycles. The highest BCUT2D eigenvalue weighted by Crippen LogP contribution is 2.25. The molecule has 16 heavy (non-hydrogen) atoms. The van der Waals surface area contributed by atoms with Crippen LogP contribution in [0.5, 0.6) is 0 Å². The largest absolute Gasteiger partial charge is 0.294 e. The smallest absolute Gasteiger partial charge is 0.282 e. The van der Waals surface area contributed by atoms with Gasteiger partial charge in [0.2, 0.25) is 0 Å². The van der Waals surface area contributed by atoms with Gasteiger partial charge in [-0.1, -0.05) is 29.8 Å². The molecule has 2 aromatic rings. The summed E-state index contributed by atoms with van der Waals surface area (Å²) in [7, 11) is -4.14. The maximum Gasteiger partial charge on any atom is 0.294 e. The summed E-state index contributed by atoms with van der Waals surface area (Å²) in [5.41, 5.74) is 1.65. The van der Waals surface area contributed by atoms with Crippen molar-refractivity contribution in [3.63, 3.8) is 0 Å². The lowest BCUT2D eigenvalue weighted by Crippen LogP contribution is -2.01. The topological polar surface area (TPSA) is 54.4 Å². The maximum atomic E-state index is 11.1. The Labute approximate surface area is 94.5 Å². The van der Waals surface area contributed by atoms with E-state index in [1.165, 1.54) is 6.07 Å². The van der Waals surface area contributed by atoms with Crippen LogP contribution < -0.4 is 0 Å². The highest BCUT2D eigenvalue weighted by molar-refractivity contribution is 7.85. The SMILES string of the molecule is Cc1ccc2ccc(S(=O)(=O)O)c(C)c2c1. The van der Waals surface area contributed by atoms with Gasteiger partial charge in [0.15, 0.2) is 0 Å². The molecule has 0 bridgehead atoms. The number of hydrogen-bond acceptors (Lipinski definition) is 2. The summed E-state index contributed by atoms with van der Waals surface area (Å²) in [5.74, 6) is 0. The average Bonchev–Trinajstić information content (AvgIpc) is 2.17. The molecule has 3 nitrogen and oxygen atoms in total. The van der Waals surface area contributed by atoms with E-state index < -0.39 is 10.1 Å². The van der Waals surface area contributed by atoms with Crippen molar-refractivity contribution in [2.75, 3.05) is 0 Å². The van der Waals surface area contributed by atoms with E-state index in [2.05, 4.69) is 0 Å². The van der Waals surface area contributed by atoms with Gasteiger partial charge >= 0.3 is 0 Å². The van der Waals surface area contributed by atoms with Crippen molar-refractivity contribution in [1.29, 1.82) is 0 Å². The van der Waals surface area contributed by atoms with Gasteiger partial charge in [0.1, 0.15) is 0 Å². The van der Waals surface area contributed by atoms with Gasteiger partial charge in [-0.15, -0.1) is 0 Å². The van der Waals surface area contributed by atoms with E-state index in [4.69, 9.17) is 4.55 Å². The van der Waals surface area contributed by atoms with Crippen molar-refractivity contribution in [2.45, 2.75) is 18.7 Å². The van der Waals surface area contributed by atoms with E-state index in [0.29, 0.717) is 5.56 Å². The van der Waals surface area contributed by atoms with Crippen molar-refractivity contribution in [2.24, 2.45) is 0 Å². The van der Waals surface area contributed by atoms with Crippen LogP contribution in [0.15, 0.2) is 35.2 Å². The van der Waals surface area contributed by atoms with E-state index in [9.17, 15) is 8.42 Å². The fourth-order valence-electron chi connectivity index (χ4n) is 1.84. The Balaban J connectivity index is 2.89. The van der Waals surface area contributed by atoms with Crippen molar-refractivity contribution in [3.8, 4) is 0 Å². The molecule has 2 rings (SSSR count). The van der Waals surface area contributed by atoms with Crippen LogP contribution in [0.3, 0.4) is 0 Å². The maximum absolute atomic E-state index is 11.1. The Kier molecular flexibility index (Phi) is 2.48. The van der Waals surface area contributed by atoms with Gasteiger partial charge in [-0.25, -0.2) is 0 Å². The second kappa shape index (κ2) is 3.57. The Bertz CT molecular complexity index is 657. The van der Waals surface area contributed by atoms with Gasteiger partial charge in [-0.2, -0.15) is 8.42 Å². The van der Waals surface area contributed by atoms with E-state index in [-0.39, 0.29) is 4.90 Å². The zero-order valence-electron chi connectivity index (χ0n) is 9.06. The molecular weight excluding hydrogens is 224 g/mol. The minimum absolute atomic E-state index is 0.0226. The van der Waals surface area contributed by atoms with Crippen LogP contribution in [-0.4, -0.2) is 13.0 Å². The molecular formula is C12H12O3S. The number of hydrogen-bond donors (Lipinski definition) is 1. The first-order chi connectivity index (χ1) is 7.39. The average molecular weight is 236 g/mol. The lowest BCUT2D eigenvalue weighted by atomic mass is 10.0. The minimum Gasteiger partial charge on any atom is -0.282 e. The van der Waals surface area contributed by atoms with Crippen LogP contribution >= 0.6 is 0 Å². The molecule has 0 spiro atoms. The minimum atomic E-state index is -4.14. The van der Waals surface area contributed by atoms with Crippen LogP contribution in [-0.2, 0) is 10.1 Å². The fourth-order valence-corrected chi connectivity index (χ4v) is 2.58. The lowest BCUT2D eigenvalue weighted by Gasteiger charge is -2.07. The molecule has 4 heteroatoms. The highest BCUT2D eigenvalue weighted by atomic mass is 32.2. The zero-order chi connectivity index (χ0) is 11.9. The summed E-state index contributed by atoms with van der Waals surface area (Å²) >= 11 is 0. The van der Waals surface area contributed by atoms with Crippen LogP contribution in [0.25, 0.3) is 10.8 Å². The highest BCUT2D eigenvalue weighted by Gasteiger charge is 2.14. The third-order valence-corrected chi connectivity index (χ3v) is 3.67. The van der Waals surface area contributed by atoms with E-state index in [0.717, 1.165) is 16.3 Å². The summed E-state index contributed by atoms with van der Waals surface area (Å²) in [4.78, 5) is -0.0226. The van der Waals surface area contributed by atoms with Gasteiger partial charge in [-0.05, 0) is 36.2 Å². The number of aryl methyl sites for hydroxylation is 2. The fraction of sp³-hybridized carbons (Fsp3) is 0.167. The second-order valence-corrected chi connectivity index (χ2v) is 5.28. The second-order valence-electron chi connectivity index (χ2n) is 3.89. The lowest BCUT2D eigenvalue weighted by molar-refractivity contribution is 0.482. The molecule has 0 heterocycles. The summed E-state index contributed by atoms with van der Waals surface area (Å²) in [6.45, 7) is 3.64. The molecule has 0 fully saturated rings. The van der Waals surface area contributed by atoms with Gasteiger partial charge in [0.25, 0.3) is 10.1 Å². The van der Waals surface area contributed by atoms with Crippen LogP contribution in [0.2, 0.25) is 0 Å². The molecule has 0 radical (unpaired) electrons. The first kappa shape index (κ1) is 11.1. The summed E-state index contributed by atoms with van der Waals surface area (Å²) in [6, 6.07) is 8.95. The van der Waals surface area contributed by atoms with Gasteiger partial charge < -0.3 is 0 Å². The summed E-state index contributed by atoms with van der Waals surface area (Å²) in [5, 5.41) is 1.82. The molecule has 2 aromatic carbocycles. The van der Waals surface area contributed by atoms with Gasteiger partial charge in [-0.3, -0.25) is 4.55 Å². The Morgan fingerprint density at radius 3 is 2.31 bits per heavy atom. The summed E-state index contributed by atoms with van der Waals surface area (Å²) < 4.78 is 31.3. The predicted molar refractivity (Wildman–Crippen MR) is 63.2 cm³/mol. The normalized spacial score (nSPS) is 11.9. The predicted octanol–water partition coefficient (Wildman–Crippen LogP) is 2.70. The van der Waals surface area contributed by atoms with Crippen molar-refractivity contribution < 1.29 is 13.0 Å². The molecule has 0 amide bonds. The molecule has 0 aliphatic heterocycles. The van der Waals surface area contributed by atoms with Crippen molar-refractivity contribution in [1.82, 2.24) is 0 Å². The standard InChI is InChI=1S/C12H12O3S/c1-8-3-4-10-5-6-12(16(13,14)15)9(2)11(10)7-8/h3-7H,1-2H3,(H,13,14,15). The van der Waals surface area contributed by atoms with Crippen LogP contribution in [0, 0.1) is 13.8 Å². The Hall–Kier alpha value is -1.39. The number of rotatable bonds is 1. The van der Waals surface area contributed by atoms with E-state index in [1.807, 2.05) is 25.1 Å². The third-order valence-electron chi connectivity index (χ3n) is 2.67. The Morgan fingerprint density at radius 1 is 1.06 bits per heavy atom. The molecule has 0 aromatic heterocycles. The number of benzene rings is 2. The molecule has 0 aliphatic rings. The van der Waals surface area contributed by atoms with Crippen molar-refractivity contribution >= 4 is 20.9 Å². The van der Waals surface area contributed by atoms with Crippen molar-refractivity contribution in [3.05, 3.63) is 41.5 Å². The van der Waals surface area contributed by atoms with Gasteiger partial charge in [0, 0.05) is 0 Å². The molecule has 0 unspecified atom stereocenters. The Morgan fingerprint density at radius 2 is 1.69 bits per heavy atom. The van der Waals surface area contributed by atoms with Gasteiger partial charge in [0.05, 0.1) is 4.90 Å². The molecule has 0 saturated carbocycles. The zero-order valence-corrected chi connectivity index (χ0v) is 9.88. The molecule has 1 N–H and O–H groups in total. The van der Waals surface area contributed by atoms with Crippen LogP contribution in [0.1, 0.15) is 11.1 Å². The van der Waals surface area contributed by atoms with Crippen LogP contribution in [0.4, 0.5) is 0 Å². The van der Waals surface area contributed by atoms with E-state index >= 15 is 0 Å². The molecule has 0 saturated heterocycles. The number of fused-ring (bicyclic) bond motifs is 1. The quantitative estimate of drug-likeness (QED) is 0.774. The van der Waals surface area contributed by atoms with E-state index in [1.54, 1.807) is 13.0 Å². The summed E-state index contributed by atoms with van der Waals surface area (Å²) in [6.07, 6.45) is 0.